The number of nitrogen functional groups attached to an aromatic ring is 1. The molecule has 16 heavy (non-hydrogen) atoms. The highest BCUT2D eigenvalue weighted by molar-refractivity contribution is 6.30. The molecule has 1 aromatic carbocycles. The summed E-state index contributed by atoms with van der Waals surface area (Å²) in [6.07, 6.45) is 3.72. The van der Waals surface area contributed by atoms with Gasteiger partial charge >= 0.3 is 0 Å². The second kappa shape index (κ2) is 4.41. The van der Waals surface area contributed by atoms with E-state index >= 15 is 0 Å². The van der Waals surface area contributed by atoms with E-state index in [1.807, 2.05) is 36.4 Å². The molecule has 0 bridgehead atoms. The van der Waals surface area contributed by atoms with Crippen molar-refractivity contribution >= 4 is 29.4 Å². The Kier molecular flexibility index (Phi) is 2.97. The van der Waals surface area contributed by atoms with Crippen molar-refractivity contribution in [1.29, 1.82) is 0 Å². The maximum Gasteiger partial charge on any atom is 0.157 e. The molecule has 1 aromatic heterocycles. The Morgan fingerprint density at radius 1 is 1.25 bits per heavy atom. The van der Waals surface area contributed by atoms with Gasteiger partial charge in [-0.15, -0.1) is 0 Å². The Morgan fingerprint density at radius 3 is 2.50 bits per heavy atom. The van der Waals surface area contributed by atoms with Crippen LogP contribution < -0.4 is 5.73 Å². The molecule has 0 aliphatic rings. The zero-order chi connectivity index (χ0) is 11.5. The third kappa shape index (κ3) is 2.25. The lowest BCUT2D eigenvalue weighted by atomic mass is 10.2. The first-order valence-electron chi connectivity index (χ1n) is 4.82. The van der Waals surface area contributed by atoms with E-state index in [0.29, 0.717) is 22.2 Å². The van der Waals surface area contributed by atoms with Gasteiger partial charge < -0.3 is 10.3 Å². The van der Waals surface area contributed by atoms with E-state index in [9.17, 15) is 0 Å². The number of rotatable bonds is 2. The van der Waals surface area contributed by atoms with Crippen molar-refractivity contribution in [2.75, 3.05) is 5.73 Å². The van der Waals surface area contributed by atoms with E-state index in [4.69, 9.17) is 21.9 Å². The van der Waals surface area contributed by atoms with Crippen molar-refractivity contribution in [2.45, 2.75) is 6.92 Å². The van der Waals surface area contributed by atoms with E-state index in [2.05, 4.69) is 5.16 Å². The second-order valence-corrected chi connectivity index (χ2v) is 3.86. The topological polar surface area (TPSA) is 52.0 Å². The standard InChI is InChI=1S/C12H11ClN2O/c1-8-12(14)11(15-16-8)7-4-9-2-5-10(13)6-3-9/h2-7H,14H2,1H3/b7-4+. The fourth-order valence-electron chi connectivity index (χ4n) is 1.27. The quantitative estimate of drug-likeness (QED) is 0.867. The molecule has 2 aromatic rings. The van der Waals surface area contributed by atoms with Crippen molar-refractivity contribution in [1.82, 2.24) is 5.16 Å². The summed E-state index contributed by atoms with van der Waals surface area (Å²) in [6, 6.07) is 7.50. The van der Waals surface area contributed by atoms with Crippen molar-refractivity contribution in [3.63, 3.8) is 0 Å². The number of hydrogen-bond donors (Lipinski definition) is 1. The van der Waals surface area contributed by atoms with Crippen LogP contribution in [0.25, 0.3) is 12.2 Å². The van der Waals surface area contributed by atoms with Crippen molar-refractivity contribution in [2.24, 2.45) is 0 Å². The molecule has 0 unspecified atom stereocenters. The molecule has 0 saturated heterocycles. The van der Waals surface area contributed by atoms with Crippen LogP contribution in [0.2, 0.25) is 5.02 Å². The smallest absolute Gasteiger partial charge is 0.157 e. The molecular formula is C12H11ClN2O. The van der Waals surface area contributed by atoms with Crippen LogP contribution in [0.4, 0.5) is 5.69 Å². The lowest BCUT2D eigenvalue weighted by molar-refractivity contribution is 0.397. The van der Waals surface area contributed by atoms with Gasteiger partial charge in [0, 0.05) is 5.02 Å². The molecule has 0 fully saturated rings. The zero-order valence-corrected chi connectivity index (χ0v) is 9.53. The van der Waals surface area contributed by atoms with Crippen LogP contribution in [0.5, 0.6) is 0 Å². The molecule has 2 N–H and O–H groups in total. The summed E-state index contributed by atoms with van der Waals surface area (Å²) in [6.45, 7) is 1.78. The molecule has 4 heteroatoms. The highest BCUT2D eigenvalue weighted by atomic mass is 35.5. The monoisotopic (exact) mass is 234 g/mol. The van der Waals surface area contributed by atoms with Crippen LogP contribution in [-0.4, -0.2) is 5.16 Å². The van der Waals surface area contributed by atoms with Crippen molar-refractivity contribution < 1.29 is 4.52 Å². The highest BCUT2D eigenvalue weighted by Gasteiger charge is 2.04. The van der Waals surface area contributed by atoms with Gasteiger partial charge in [-0.25, -0.2) is 0 Å². The van der Waals surface area contributed by atoms with Gasteiger partial charge in [0.05, 0.1) is 0 Å². The largest absolute Gasteiger partial charge is 0.394 e. The summed E-state index contributed by atoms with van der Waals surface area (Å²) in [5.74, 6) is 0.635. The average molecular weight is 235 g/mol. The van der Waals surface area contributed by atoms with Crippen LogP contribution in [0.1, 0.15) is 17.0 Å². The van der Waals surface area contributed by atoms with E-state index in [1.54, 1.807) is 6.92 Å². The summed E-state index contributed by atoms with van der Waals surface area (Å²) in [7, 11) is 0. The Hall–Kier alpha value is -1.74. The van der Waals surface area contributed by atoms with Gasteiger partial charge in [-0.1, -0.05) is 35.0 Å². The minimum absolute atomic E-state index is 0.574. The summed E-state index contributed by atoms with van der Waals surface area (Å²) in [5.41, 5.74) is 8.01. The number of nitrogens with two attached hydrogens (primary N) is 1. The van der Waals surface area contributed by atoms with Gasteiger partial charge in [0.15, 0.2) is 5.76 Å². The van der Waals surface area contributed by atoms with E-state index < -0.39 is 0 Å². The molecule has 0 aliphatic carbocycles. The van der Waals surface area contributed by atoms with Gasteiger partial charge in [-0.3, -0.25) is 0 Å². The number of nitrogens with zero attached hydrogens (tertiary/aromatic N) is 1. The lowest BCUT2D eigenvalue weighted by Crippen LogP contribution is -1.86. The van der Waals surface area contributed by atoms with E-state index in [0.717, 1.165) is 5.56 Å². The summed E-state index contributed by atoms with van der Waals surface area (Å²) >= 11 is 5.79. The second-order valence-electron chi connectivity index (χ2n) is 3.42. The molecule has 0 amide bonds. The molecule has 0 aliphatic heterocycles. The van der Waals surface area contributed by atoms with E-state index in [-0.39, 0.29) is 0 Å². The molecule has 0 radical (unpaired) electrons. The average Bonchev–Trinajstić information content (AvgIpc) is 2.60. The van der Waals surface area contributed by atoms with Crippen LogP contribution in [0.3, 0.4) is 0 Å². The van der Waals surface area contributed by atoms with Crippen molar-refractivity contribution in [3.8, 4) is 0 Å². The minimum Gasteiger partial charge on any atom is -0.394 e. The minimum atomic E-state index is 0.574. The Morgan fingerprint density at radius 2 is 1.94 bits per heavy atom. The molecule has 0 atom stereocenters. The first-order valence-corrected chi connectivity index (χ1v) is 5.20. The third-order valence-electron chi connectivity index (χ3n) is 2.24. The maximum atomic E-state index is 5.79. The van der Waals surface area contributed by atoms with Gasteiger partial charge in [0.1, 0.15) is 11.4 Å². The Labute approximate surface area is 98.5 Å². The molecule has 0 saturated carbocycles. The first kappa shape index (κ1) is 10.8. The molecule has 0 spiro atoms. The maximum absolute atomic E-state index is 5.79. The number of halogens is 1. The first-order chi connectivity index (χ1) is 7.66. The summed E-state index contributed by atoms with van der Waals surface area (Å²) < 4.78 is 4.96. The van der Waals surface area contributed by atoms with Crippen molar-refractivity contribution in [3.05, 3.63) is 46.3 Å². The summed E-state index contributed by atoms with van der Waals surface area (Å²) in [4.78, 5) is 0. The highest BCUT2D eigenvalue weighted by Crippen LogP contribution is 2.18. The van der Waals surface area contributed by atoms with Crippen LogP contribution in [0, 0.1) is 6.92 Å². The fraction of sp³-hybridized carbons (Fsp3) is 0.0833. The molecule has 82 valence electrons. The SMILES string of the molecule is Cc1onc(/C=C/c2ccc(Cl)cc2)c1N. The third-order valence-corrected chi connectivity index (χ3v) is 2.49. The normalized spacial score (nSPS) is 11.1. The van der Waals surface area contributed by atoms with Gasteiger partial charge in [0.2, 0.25) is 0 Å². The molecular weight excluding hydrogens is 224 g/mol. The fourth-order valence-corrected chi connectivity index (χ4v) is 1.39. The van der Waals surface area contributed by atoms with Crippen LogP contribution in [-0.2, 0) is 0 Å². The lowest BCUT2D eigenvalue weighted by Gasteiger charge is -1.93. The van der Waals surface area contributed by atoms with E-state index in [1.165, 1.54) is 0 Å². The summed E-state index contributed by atoms with van der Waals surface area (Å²) in [5, 5.41) is 4.55. The van der Waals surface area contributed by atoms with Crippen LogP contribution >= 0.6 is 11.6 Å². The van der Waals surface area contributed by atoms with Gasteiger partial charge in [0.25, 0.3) is 0 Å². The Bertz CT molecular complexity index is 514. The predicted octanol–water partition coefficient (Wildman–Crippen LogP) is 3.39. The molecule has 3 nitrogen and oxygen atoms in total. The number of benzene rings is 1. The molecule has 2 rings (SSSR count). The number of aromatic nitrogens is 1. The number of anilines is 1. The number of hydrogen-bond acceptors (Lipinski definition) is 3. The van der Waals surface area contributed by atoms with Crippen LogP contribution in [0.15, 0.2) is 28.8 Å². The Balaban J connectivity index is 2.21. The predicted molar refractivity (Wildman–Crippen MR) is 66.0 cm³/mol. The van der Waals surface area contributed by atoms with Gasteiger partial charge in [-0.05, 0) is 30.7 Å². The zero-order valence-electron chi connectivity index (χ0n) is 8.77. The number of aryl methyl sites for hydroxylation is 1. The van der Waals surface area contributed by atoms with Gasteiger partial charge in [-0.2, -0.15) is 0 Å². The molecule has 1 heterocycles.